The first-order valence-corrected chi connectivity index (χ1v) is 8.64. The number of hydrogen-bond acceptors (Lipinski definition) is 3. The van der Waals surface area contributed by atoms with Crippen LogP contribution in [0.25, 0.3) is 0 Å². The number of nitrogens with zero attached hydrogens (tertiary/aromatic N) is 1. The maximum atomic E-state index is 13.6. The largest absolute Gasteiger partial charge is 0.506 e. The van der Waals surface area contributed by atoms with E-state index in [2.05, 4.69) is 0 Å². The van der Waals surface area contributed by atoms with Crippen LogP contribution in [0.5, 0.6) is 5.75 Å². The summed E-state index contributed by atoms with van der Waals surface area (Å²) in [4.78, 5) is 14.7. The zero-order valence-corrected chi connectivity index (χ0v) is 13.5. The van der Waals surface area contributed by atoms with Gasteiger partial charge >= 0.3 is 0 Å². The molecule has 0 atom stereocenters. The summed E-state index contributed by atoms with van der Waals surface area (Å²) >= 11 is 1.34. The number of phenols is 1. The topological polar surface area (TPSA) is 40.5 Å². The number of phenolic OH excluding ortho intramolecular Hbond substituents is 1. The van der Waals surface area contributed by atoms with Gasteiger partial charge in [-0.05, 0) is 36.6 Å². The summed E-state index contributed by atoms with van der Waals surface area (Å²) in [5.41, 5.74) is 1.64. The highest BCUT2D eigenvalue weighted by Gasteiger charge is 2.24. The molecule has 2 aromatic carbocycles. The van der Waals surface area contributed by atoms with Crippen LogP contribution in [0.4, 0.5) is 10.1 Å². The molecule has 0 saturated carbocycles. The third kappa shape index (κ3) is 3.50. The van der Waals surface area contributed by atoms with Gasteiger partial charge in [0.15, 0.2) is 0 Å². The summed E-state index contributed by atoms with van der Waals surface area (Å²) in [5.74, 6) is 0.374. The average molecular weight is 331 g/mol. The van der Waals surface area contributed by atoms with Crippen molar-refractivity contribution in [1.82, 2.24) is 0 Å². The molecular weight excluding hydrogens is 313 g/mol. The van der Waals surface area contributed by atoms with Crippen molar-refractivity contribution in [2.24, 2.45) is 0 Å². The molecule has 1 amide bonds. The maximum Gasteiger partial charge on any atom is 0.227 e. The molecule has 0 saturated heterocycles. The molecule has 3 rings (SSSR count). The first-order chi connectivity index (χ1) is 11.2. The Bertz CT molecular complexity index is 720. The summed E-state index contributed by atoms with van der Waals surface area (Å²) in [6.07, 6.45) is 2.08. The van der Waals surface area contributed by atoms with Crippen LogP contribution < -0.4 is 4.90 Å². The third-order valence-corrected chi connectivity index (χ3v) is 4.96. The van der Waals surface area contributed by atoms with Crippen LogP contribution in [0, 0.1) is 5.82 Å². The Morgan fingerprint density at radius 3 is 2.87 bits per heavy atom. The SMILES string of the molecule is O=C(CCSc1ccccc1F)N1CCCc2cccc(O)c21. The molecule has 5 heteroatoms. The quantitative estimate of drug-likeness (QED) is 0.861. The predicted octanol–water partition coefficient (Wildman–Crippen LogP) is 3.99. The van der Waals surface area contributed by atoms with Crippen LogP contribution >= 0.6 is 11.8 Å². The molecule has 2 aromatic rings. The van der Waals surface area contributed by atoms with Gasteiger partial charge in [0.2, 0.25) is 5.91 Å². The van der Waals surface area contributed by atoms with E-state index in [1.165, 1.54) is 17.8 Å². The number of para-hydroxylation sites is 1. The molecule has 0 aliphatic carbocycles. The lowest BCUT2D eigenvalue weighted by atomic mass is 10.0. The number of anilines is 1. The van der Waals surface area contributed by atoms with Crippen molar-refractivity contribution in [2.75, 3.05) is 17.2 Å². The highest BCUT2D eigenvalue weighted by atomic mass is 32.2. The van der Waals surface area contributed by atoms with Crippen molar-refractivity contribution in [2.45, 2.75) is 24.2 Å². The molecule has 0 radical (unpaired) electrons. The van der Waals surface area contributed by atoms with Crippen molar-refractivity contribution in [1.29, 1.82) is 0 Å². The van der Waals surface area contributed by atoms with Crippen LogP contribution in [0.3, 0.4) is 0 Å². The minimum Gasteiger partial charge on any atom is -0.506 e. The summed E-state index contributed by atoms with van der Waals surface area (Å²) in [7, 11) is 0. The van der Waals surface area contributed by atoms with E-state index in [4.69, 9.17) is 0 Å². The Kier molecular flexibility index (Phi) is 4.86. The zero-order valence-electron chi connectivity index (χ0n) is 12.7. The van der Waals surface area contributed by atoms with E-state index in [1.54, 1.807) is 35.2 Å². The van der Waals surface area contributed by atoms with Gasteiger partial charge in [0, 0.05) is 23.6 Å². The van der Waals surface area contributed by atoms with Gasteiger partial charge < -0.3 is 10.0 Å². The maximum absolute atomic E-state index is 13.6. The molecule has 120 valence electrons. The van der Waals surface area contributed by atoms with E-state index in [-0.39, 0.29) is 17.5 Å². The van der Waals surface area contributed by atoms with Gasteiger partial charge in [0.25, 0.3) is 0 Å². The molecule has 1 heterocycles. The molecule has 1 aliphatic heterocycles. The van der Waals surface area contributed by atoms with E-state index < -0.39 is 0 Å². The predicted molar refractivity (Wildman–Crippen MR) is 90.5 cm³/mol. The number of hydrogen-bond donors (Lipinski definition) is 1. The summed E-state index contributed by atoms with van der Waals surface area (Å²) in [6.45, 7) is 0.619. The standard InChI is InChI=1S/C18H18FNO2S/c19-14-7-1-2-9-16(14)23-12-10-17(22)20-11-4-6-13-5-3-8-15(21)18(13)20/h1-3,5,7-9,21H,4,6,10-12H2. The second-order valence-electron chi connectivity index (χ2n) is 5.46. The number of amides is 1. The van der Waals surface area contributed by atoms with Gasteiger partial charge in [-0.3, -0.25) is 4.79 Å². The van der Waals surface area contributed by atoms with Gasteiger partial charge in [-0.25, -0.2) is 4.39 Å². The minimum atomic E-state index is -0.258. The summed E-state index contributed by atoms with van der Waals surface area (Å²) < 4.78 is 13.6. The number of carbonyl (C=O) groups excluding carboxylic acids is 1. The highest BCUT2D eigenvalue weighted by Crippen LogP contribution is 2.36. The second-order valence-corrected chi connectivity index (χ2v) is 6.60. The Morgan fingerprint density at radius 1 is 1.22 bits per heavy atom. The molecular formula is C18H18FNO2S. The molecule has 0 unspecified atom stereocenters. The fraction of sp³-hybridized carbons (Fsp3) is 0.278. The normalized spacial score (nSPS) is 13.7. The van der Waals surface area contributed by atoms with Crippen molar-refractivity contribution >= 4 is 23.4 Å². The third-order valence-electron chi connectivity index (χ3n) is 3.91. The van der Waals surface area contributed by atoms with E-state index in [1.807, 2.05) is 6.07 Å². The van der Waals surface area contributed by atoms with E-state index in [0.29, 0.717) is 29.3 Å². The van der Waals surface area contributed by atoms with Crippen LogP contribution in [0.15, 0.2) is 47.4 Å². The lowest BCUT2D eigenvalue weighted by Crippen LogP contribution is -2.35. The fourth-order valence-corrected chi connectivity index (χ4v) is 3.70. The molecule has 0 spiro atoms. The number of benzene rings is 2. The van der Waals surface area contributed by atoms with Crippen molar-refractivity contribution in [3.8, 4) is 5.75 Å². The lowest BCUT2D eigenvalue weighted by Gasteiger charge is -2.30. The number of aromatic hydroxyl groups is 1. The van der Waals surface area contributed by atoms with Crippen LogP contribution in [-0.2, 0) is 11.2 Å². The van der Waals surface area contributed by atoms with Crippen molar-refractivity contribution in [3.05, 3.63) is 53.8 Å². The van der Waals surface area contributed by atoms with Gasteiger partial charge in [0.05, 0.1) is 5.69 Å². The number of aryl methyl sites for hydroxylation is 1. The van der Waals surface area contributed by atoms with Crippen LogP contribution in [-0.4, -0.2) is 23.3 Å². The molecule has 3 nitrogen and oxygen atoms in total. The average Bonchev–Trinajstić information content (AvgIpc) is 2.56. The van der Waals surface area contributed by atoms with Crippen molar-refractivity contribution in [3.63, 3.8) is 0 Å². The molecule has 1 N–H and O–H groups in total. The van der Waals surface area contributed by atoms with Crippen LogP contribution in [0.2, 0.25) is 0 Å². The van der Waals surface area contributed by atoms with Gasteiger partial charge in [-0.15, -0.1) is 11.8 Å². The van der Waals surface area contributed by atoms with E-state index in [9.17, 15) is 14.3 Å². The van der Waals surface area contributed by atoms with Gasteiger partial charge in [0.1, 0.15) is 11.6 Å². The Labute approximate surface area is 139 Å². The smallest absolute Gasteiger partial charge is 0.227 e. The van der Waals surface area contributed by atoms with Crippen molar-refractivity contribution < 1.29 is 14.3 Å². The Hall–Kier alpha value is -2.01. The first kappa shape index (κ1) is 15.9. The summed E-state index contributed by atoms with van der Waals surface area (Å²) in [6, 6.07) is 11.9. The molecule has 23 heavy (non-hydrogen) atoms. The van der Waals surface area contributed by atoms with E-state index in [0.717, 1.165) is 18.4 Å². The monoisotopic (exact) mass is 331 g/mol. The molecule has 0 bridgehead atoms. The summed E-state index contributed by atoms with van der Waals surface area (Å²) in [5, 5.41) is 10.1. The zero-order chi connectivity index (χ0) is 16.2. The molecule has 0 fully saturated rings. The number of thioether (sulfide) groups is 1. The van der Waals surface area contributed by atoms with Gasteiger partial charge in [-0.1, -0.05) is 24.3 Å². The molecule has 0 aromatic heterocycles. The first-order valence-electron chi connectivity index (χ1n) is 7.65. The highest BCUT2D eigenvalue weighted by molar-refractivity contribution is 7.99. The Balaban J connectivity index is 1.65. The lowest BCUT2D eigenvalue weighted by molar-refractivity contribution is -0.118. The number of halogens is 1. The number of carbonyl (C=O) groups is 1. The number of fused-ring (bicyclic) bond motifs is 1. The number of rotatable bonds is 4. The Morgan fingerprint density at radius 2 is 2.04 bits per heavy atom. The van der Waals surface area contributed by atoms with Gasteiger partial charge in [-0.2, -0.15) is 0 Å². The fourth-order valence-electron chi connectivity index (χ4n) is 2.83. The minimum absolute atomic E-state index is 0.0312. The van der Waals surface area contributed by atoms with Crippen LogP contribution in [0.1, 0.15) is 18.4 Å². The molecule has 1 aliphatic rings. The van der Waals surface area contributed by atoms with E-state index >= 15 is 0 Å². The second kappa shape index (κ2) is 7.04.